The van der Waals surface area contributed by atoms with Crippen LogP contribution in [0.25, 0.3) is 0 Å². The van der Waals surface area contributed by atoms with Crippen molar-refractivity contribution in [3.05, 3.63) is 11.7 Å². The van der Waals surface area contributed by atoms with Gasteiger partial charge in [-0.25, -0.2) is 0 Å². The van der Waals surface area contributed by atoms with E-state index in [4.69, 9.17) is 10.3 Å². The molecule has 15 heavy (non-hydrogen) atoms. The van der Waals surface area contributed by atoms with Gasteiger partial charge >= 0.3 is 0 Å². The minimum absolute atomic E-state index is 0.0760. The maximum absolute atomic E-state index is 6.26. The zero-order valence-corrected chi connectivity index (χ0v) is 8.91. The molecule has 82 valence electrons. The van der Waals surface area contributed by atoms with Gasteiger partial charge in [0.25, 0.3) is 0 Å². The van der Waals surface area contributed by atoms with E-state index >= 15 is 0 Å². The zero-order chi connectivity index (χ0) is 10.3. The van der Waals surface area contributed by atoms with Gasteiger partial charge < -0.3 is 10.3 Å². The van der Waals surface area contributed by atoms with Crippen LogP contribution in [0.4, 0.5) is 0 Å². The molecule has 0 aromatic carbocycles. The largest absolute Gasteiger partial charge is 0.339 e. The second-order valence-electron chi connectivity index (χ2n) is 5.07. The van der Waals surface area contributed by atoms with Crippen LogP contribution in [0.15, 0.2) is 4.52 Å². The van der Waals surface area contributed by atoms with Crippen LogP contribution in [0.3, 0.4) is 0 Å². The highest BCUT2D eigenvalue weighted by Crippen LogP contribution is 2.38. The monoisotopic (exact) mass is 207 g/mol. The zero-order valence-electron chi connectivity index (χ0n) is 8.91. The van der Waals surface area contributed by atoms with Crippen molar-refractivity contribution in [1.29, 1.82) is 0 Å². The summed E-state index contributed by atoms with van der Waals surface area (Å²) in [5.74, 6) is 2.20. The van der Waals surface area contributed by atoms with Crippen molar-refractivity contribution >= 4 is 0 Å². The van der Waals surface area contributed by atoms with Crippen molar-refractivity contribution < 1.29 is 4.52 Å². The van der Waals surface area contributed by atoms with Crippen molar-refractivity contribution in [3.63, 3.8) is 0 Å². The van der Waals surface area contributed by atoms with Gasteiger partial charge in [-0.15, -0.1) is 0 Å². The van der Waals surface area contributed by atoms with Crippen molar-refractivity contribution in [2.45, 2.75) is 56.4 Å². The van der Waals surface area contributed by atoms with Gasteiger partial charge in [0.2, 0.25) is 5.89 Å². The average Bonchev–Trinajstić information content (AvgIpc) is 2.83. The number of nitrogens with zero attached hydrogens (tertiary/aromatic N) is 2. The minimum atomic E-state index is -0.0760. The van der Waals surface area contributed by atoms with Crippen LogP contribution in [0.1, 0.15) is 56.2 Å². The molecule has 2 saturated carbocycles. The molecule has 1 heterocycles. The van der Waals surface area contributed by atoms with Crippen molar-refractivity contribution in [1.82, 2.24) is 10.1 Å². The first kappa shape index (κ1) is 9.33. The molecule has 4 heteroatoms. The predicted molar refractivity (Wildman–Crippen MR) is 55.4 cm³/mol. The Balaban J connectivity index is 1.70. The van der Waals surface area contributed by atoms with Gasteiger partial charge in [0.1, 0.15) is 0 Å². The Kier molecular flexibility index (Phi) is 2.06. The maximum Gasteiger partial charge on any atom is 0.228 e. The van der Waals surface area contributed by atoms with Crippen molar-refractivity contribution in [2.75, 3.05) is 0 Å². The molecule has 4 nitrogen and oxygen atoms in total. The number of hydrogen-bond acceptors (Lipinski definition) is 4. The molecule has 0 radical (unpaired) electrons. The van der Waals surface area contributed by atoms with E-state index in [1.807, 2.05) is 0 Å². The van der Waals surface area contributed by atoms with E-state index in [0.29, 0.717) is 5.92 Å². The van der Waals surface area contributed by atoms with Gasteiger partial charge in [-0.05, 0) is 25.7 Å². The summed E-state index contributed by atoms with van der Waals surface area (Å²) in [6.45, 7) is 0. The van der Waals surface area contributed by atoms with E-state index < -0.39 is 0 Å². The summed E-state index contributed by atoms with van der Waals surface area (Å²) in [5, 5.41) is 4.01. The summed E-state index contributed by atoms with van der Waals surface area (Å²) in [7, 11) is 0. The first-order valence-corrected chi connectivity index (χ1v) is 5.87. The second-order valence-corrected chi connectivity index (χ2v) is 5.07. The Labute approximate surface area is 89.2 Å². The van der Waals surface area contributed by atoms with E-state index in [9.17, 15) is 0 Å². The fourth-order valence-electron chi connectivity index (χ4n) is 2.40. The van der Waals surface area contributed by atoms with Gasteiger partial charge in [0, 0.05) is 17.9 Å². The lowest BCUT2D eigenvalue weighted by molar-refractivity contribution is 0.327. The molecule has 0 amide bonds. The highest BCUT2D eigenvalue weighted by molar-refractivity contribution is 5.05. The molecule has 0 spiro atoms. The Morgan fingerprint density at radius 3 is 2.73 bits per heavy atom. The lowest BCUT2D eigenvalue weighted by Crippen LogP contribution is -2.38. The topological polar surface area (TPSA) is 64.9 Å². The number of aromatic nitrogens is 2. The molecule has 0 aliphatic heterocycles. The Morgan fingerprint density at radius 1 is 1.33 bits per heavy atom. The molecule has 0 saturated heterocycles. The standard InChI is InChI=1S/C11H17N3O/c12-11(5-1-2-6-11)7-9-13-10(14-15-9)8-3-4-8/h8H,1-7,12H2. The Hall–Kier alpha value is -0.900. The van der Waals surface area contributed by atoms with Crippen LogP contribution >= 0.6 is 0 Å². The SMILES string of the molecule is NC1(Cc2nc(C3CC3)no2)CCCC1. The third-order valence-corrected chi connectivity index (χ3v) is 3.53. The molecule has 1 aromatic rings. The first-order chi connectivity index (χ1) is 7.25. The lowest BCUT2D eigenvalue weighted by atomic mass is 9.95. The van der Waals surface area contributed by atoms with Gasteiger partial charge in [-0.3, -0.25) is 0 Å². The second kappa shape index (κ2) is 3.30. The Bertz CT molecular complexity index is 350. The van der Waals surface area contributed by atoms with Crippen molar-refractivity contribution in [3.8, 4) is 0 Å². The normalized spacial score (nSPS) is 24.6. The molecular formula is C11H17N3O. The molecule has 0 atom stereocenters. The molecule has 2 aliphatic carbocycles. The molecule has 2 fully saturated rings. The third kappa shape index (κ3) is 1.91. The van der Waals surface area contributed by atoms with E-state index in [-0.39, 0.29) is 5.54 Å². The van der Waals surface area contributed by atoms with E-state index in [2.05, 4.69) is 10.1 Å². The molecule has 0 unspecified atom stereocenters. The van der Waals surface area contributed by atoms with E-state index in [1.165, 1.54) is 25.7 Å². The summed E-state index contributed by atoms with van der Waals surface area (Å²) in [4.78, 5) is 4.42. The van der Waals surface area contributed by atoms with Gasteiger partial charge in [-0.2, -0.15) is 4.98 Å². The molecule has 1 aromatic heterocycles. The van der Waals surface area contributed by atoms with Gasteiger partial charge in [0.15, 0.2) is 5.82 Å². The quantitative estimate of drug-likeness (QED) is 0.820. The maximum atomic E-state index is 6.26. The average molecular weight is 207 g/mol. The smallest absolute Gasteiger partial charge is 0.228 e. The van der Waals surface area contributed by atoms with Crippen LogP contribution in [-0.2, 0) is 6.42 Å². The fourth-order valence-corrected chi connectivity index (χ4v) is 2.40. The van der Waals surface area contributed by atoms with Crippen LogP contribution < -0.4 is 5.73 Å². The summed E-state index contributed by atoms with van der Waals surface area (Å²) in [6, 6.07) is 0. The van der Waals surface area contributed by atoms with E-state index in [0.717, 1.165) is 31.0 Å². The van der Waals surface area contributed by atoms with Crippen LogP contribution in [-0.4, -0.2) is 15.7 Å². The van der Waals surface area contributed by atoms with Crippen LogP contribution in [0.5, 0.6) is 0 Å². The van der Waals surface area contributed by atoms with Crippen LogP contribution in [0.2, 0.25) is 0 Å². The summed E-state index contributed by atoms with van der Waals surface area (Å²) in [5.41, 5.74) is 6.19. The van der Waals surface area contributed by atoms with Gasteiger partial charge in [0.05, 0.1) is 0 Å². The molecular weight excluding hydrogens is 190 g/mol. The predicted octanol–water partition coefficient (Wildman–Crippen LogP) is 1.76. The minimum Gasteiger partial charge on any atom is -0.339 e. The van der Waals surface area contributed by atoms with Crippen molar-refractivity contribution in [2.24, 2.45) is 5.73 Å². The number of hydrogen-bond donors (Lipinski definition) is 1. The highest BCUT2D eigenvalue weighted by atomic mass is 16.5. The third-order valence-electron chi connectivity index (χ3n) is 3.53. The van der Waals surface area contributed by atoms with E-state index in [1.54, 1.807) is 0 Å². The number of nitrogens with two attached hydrogens (primary N) is 1. The molecule has 0 bridgehead atoms. The summed E-state index contributed by atoms with van der Waals surface area (Å²) < 4.78 is 5.25. The van der Waals surface area contributed by atoms with Crippen LogP contribution in [0, 0.1) is 0 Å². The fraction of sp³-hybridized carbons (Fsp3) is 0.818. The molecule has 2 aliphatic rings. The summed E-state index contributed by atoms with van der Waals surface area (Å²) >= 11 is 0. The summed E-state index contributed by atoms with van der Waals surface area (Å²) in [6.07, 6.45) is 7.84. The highest BCUT2D eigenvalue weighted by Gasteiger charge is 2.33. The number of rotatable bonds is 3. The first-order valence-electron chi connectivity index (χ1n) is 5.87. The van der Waals surface area contributed by atoms with Gasteiger partial charge in [-0.1, -0.05) is 18.0 Å². The Morgan fingerprint density at radius 2 is 2.07 bits per heavy atom. The molecule has 3 rings (SSSR count). The molecule has 2 N–H and O–H groups in total. The lowest BCUT2D eigenvalue weighted by Gasteiger charge is -2.20.